The fourth-order valence-corrected chi connectivity index (χ4v) is 1.69. The molecule has 0 atom stereocenters. The molecule has 0 bridgehead atoms. The molecule has 19 heavy (non-hydrogen) atoms. The lowest BCUT2D eigenvalue weighted by atomic mass is 10.3. The Morgan fingerprint density at radius 1 is 1.26 bits per heavy atom. The summed E-state index contributed by atoms with van der Waals surface area (Å²) in [4.78, 5) is 27.8. The third kappa shape index (κ3) is 2.42. The first-order valence-corrected chi connectivity index (χ1v) is 5.81. The summed E-state index contributed by atoms with van der Waals surface area (Å²) in [5, 5.41) is 0. The molecular formula is C13H14N2O4. The van der Waals surface area contributed by atoms with Crippen molar-refractivity contribution in [2.45, 2.75) is 20.0 Å². The molecule has 0 aliphatic rings. The SMILES string of the molecule is COC(=O)c1nc2ccccc2n1C(=O)OC(C)C. The number of methoxy groups -OCH3 is 1. The standard InChI is InChI=1S/C13H14N2O4/c1-8(2)19-13(17)15-10-7-5-4-6-9(10)14-11(15)12(16)18-3/h4-8H,1-3H3. The molecule has 1 aromatic carbocycles. The highest BCUT2D eigenvalue weighted by Crippen LogP contribution is 2.17. The van der Waals surface area contributed by atoms with E-state index in [1.54, 1.807) is 38.1 Å². The van der Waals surface area contributed by atoms with E-state index in [1.807, 2.05) is 0 Å². The second-order valence-electron chi connectivity index (χ2n) is 4.18. The largest absolute Gasteiger partial charge is 0.463 e. The van der Waals surface area contributed by atoms with Gasteiger partial charge in [0.1, 0.15) is 0 Å². The van der Waals surface area contributed by atoms with Gasteiger partial charge in [-0.25, -0.2) is 19.1 Å². The van der Waals surface area contributed by atoms with E-state index in [2.05, 4.69) is 9.72 Å². The number of rotatable bonds is 2. The van der Waals surface area contributed by atoms with E-state index in [0.29, 0.717) is 11.0 Å². The van der Waals surface area contributed by atoms with Crippen LogP contribution in [0, 0.1) is 0 Å². The van der Waals surface area contributed by atoms with Crippen LogP contribution in [-0.4, -0.2) is 34.8 Å². The molecular weight excluding hydrogens is 248 g/mol. The molecule has 1 heterocycles. The van der Waals surface area contributed by atoms with Gasteiger partial charge in [0.2, 0.25) is 5.82 Å². The van der Waals surface area contributed by atoms with Crippen LogP contribution in [0.2, 0.25) is 0 Å². The highest BCUT2D eigenvalue weighted by atomic mass is 16.6. The summed E-state index contributed by atoms with van der Waals surface area (Å²) < 4.78 is 10.9. The minimum Gasteiger partial charge on any atom is -0.463 e. The van der Waals surface area contributed by atoms with Gasteiger partial charge in [-0.2, -0.15) is 0 Å². The fraction of sp³-hybridized carbons (Fsp3) is 0.308. The zero-order chi connectivity index (χ0) is 14.0. The maximum Gasteiger partial charge on any atom is 0.420 e. The minimum absolute atomic E-state index is 0.0886. The predicted molar refractivity (Wildman–Crippen MR) is 68.1 cm³/mol. The summed E-state index contributed by atoms with van der Waals surface area (Å²) in [6.07, 6.45) is -0.941. The number of ether oxygens (including phenoxy) is 2. The van der Waals surface area contributed by atoms with Crippen LogP contribution in [0.1, 0.15) is 24.5 Å². The van der Waals surface area contributed by atoms with E-state index in [4.69, 9.17) is 4.74 Å². The van der Waals surface area contributed by atoms with Crippen molar-refractivity contribution in [3.8, 4) is 0 Å². The van der Waals surface area contributed by atoms with Crippen LogP contribution >= 0.6 is 0 Å². The Morgan fingerprint density at radius 3 is 2.58 bits per heavy atom. The van der Waals surface area contributed by atoms with Gasteiger partial charge >= 0.3 is 12.1 Å². The number of benzene rings is 1. The van der Waals surface area contributed by atoms with Crippen LogP contribution in [0.25, 0.3) is 11.0 Å². The van der Waals surface area contributed by atoms with Crippen molar-refractivity contribution >= 4 is 23.1 Å². The molecule has 0 N–H and O–H groups in total. The molecule has 0 aliphatic heterocycles. The Kier molecular flexibility index (Phi) is 3.50. The van der Waals surface area contributed by atoms with Crippen LogP contribution in [0.15, 0.2) is 24.3 Å². The van der Waals surface area contributed by atoms with Crippen molar-refractivity contribution in [2.24, 2.45) is 0 Å². The number of hydrogen-bond acceptors (Lipinski definition) is 5. The average molecular weight is 262 g/mol. The Hall–Kier alpha value is -2.37. The normalized spacial score (nSPS) is 10.7. The van der Waals surface area contributed by atoms with E-state index < -0.39 is 12.1 Å². The van der Waals surface area contributed by atoms with Gasteiger partial charge in [-0.3, -0.25) is 0 Å². The van der Waals surface area contributed by atoms with E-state index in [1.165, 1.54) is 7.11 Å². The topological polar surface area (TPSA) is 70.4 Å². The molecule has 100 valence electrons. The zero-order valence-corrected chi connectivity index (χ0v) is 10.9. The lowest BCUT2D eigenvalue weighted by Gasteiger charge is -2.10. The molecule has 2 rings (SSSR count). The van der Waals surface area contributed by atoms with Crippen LogP contribution in [-0.2, 0) is 9.47 Å². The summed E-state index contributed by atoms with van der Waals surface area (Å²) in [5.41, 5.74) is 1.04. The third-order valence-corrected chi connectivity index (χ3v) is 2.45. The molecule has 2 aromatic rings. The molecule has 0 aliphatic carbocycles. The van der Waals surface area contributed by atoms with Crippen LogP contribution in [0.4, 0.5) is 4.79 Å². The summed E-state index contributed by atoms with van der Waals surface area (Å²) in [6.45, 7) is 3.46. The van der Waals surface area contributed by atoms with Crippen LogP contribution in [0.3, 0.4) is 0 Å². The van der Waals surface area contributed by atoms with Crippen molar-refractivity contribution in [3.05, 3.63) is 30.1 Å². The highest BCUT2D eigenvalue weighted by Gasteiger charge is 2.24. The second kappa shape index (κ2) is 5.09. The molecule has 0 spiro atoms. The van der Waals surface area contributed by atoms with Gasteiger partial charge in [0.15, 0.2) is 0 Å². The summed E-state index contributed by atoms with van der Waals surface area (Å²) in [6, 6.07) is 6.93. The Morgan fingerprint density at radius 2 is 1.95 bits per heavy atom. The van der Waals surface area contributed by atoms with E-state index >= 15 is 0 Å². The maximum absolute atomic E-state index is 12.1. The van der Waals surface area contributed by atoms with E-state index in [-0.39, 0.29) is 11.9 Å². The predicted octanol–water partition coefficient (Wildman–Crippen LogP) is 2.22. The van der Waals surface area contributed by atoms with Gasteiger partial charge in [0.25, 0.3) is 0 Å². The molecule has 0 saturated heterocycles. The summed E-state index contributed by atoms with van der Waals surface area (Å²) >= 11 is 0. The molecule has 6 heteroatoms. The first-order chi connectivity index (χ1) is 9.04. The number of carbonyl (C=O) groups excluding carboxylic acids is 2. The summed E-state index contributed by atoms with van der Waals surface area (Å²) in [5.74, 6) is -0.772. The van der Waals surface area contributed by atoms with Gasteiger partial charge in [0, 0.05) is 0 Å². The molecule has 0 unspecified atom stereocenters. The van der Waals surface area contributed by atoms with Crippen molar-refractivity contribution in [1.29, 1.82) is 0 Å². The number of hydrogen-bond donors (Lipinski definition) is 0. The molecule has 0 radical (unpaired) electrons. The molecule has 0 fully saturated rings. The third-order valence-electron chi connectivity index (χ3n) is 2.45. The van der Waals surface area contributed by atoms with Gasteiger partial charge < -0.3 is 9.47 Å². The second-order valence-corrected chi connectivity index (χ2v) is 4.18. The monoisotopic (exact) mass is 262 g/mol. The van der Waals surface area contributed by atoms with Crippen molar-refractivity contribution in [3.63, 3.8) is 0 Å². The van der Waals surface area contributed by atoms with Crippen LogP contribution < -0.4 is 0 Å². The number of aromatic nitrogens is 2. The Bertz CT molecular complexity index is 631. The number of imidazole rings is 1. The Balaban J connectivity index is 2.60. The highest BCUT2D eigenvalue weighted by molar-refractivity contribution is 5.97. The first kappa shape index (κ1) is 13.1. The van der Waals surface area contributed by atoms with Gasteiger partial charge in [-0.15, -0.1) is 0 Å². The minimum atomic E-state index is -0.683. The van der Waals surface area contributed by atoms with Crippen molar-refractivity contribution in [2.75, 3.05) is 7.11 Å². The maximum atomic E-state index is 12.1. The van der Waals surface area contributed by atoms with E-state index in [9.17, 15) is 9.59 Å². The summed E-state index contributed by atoms with van der Waals surface area (Å²) in [7, 11) is 1.24. The Labute approximate surface area is 109 Å². The molecule has 0 amide bonds. The lowest BCUT2D eigenvalue weighted by Crippen LogP contribution is -2.22. The van der Waals surface area contributed by atoms with Gasteiger partial charge in [0.05, 0.1) is 24.2 Å². The fourth-order valence-electron chi connectivity index (χ4n) is 1.69. The van der Waals surface area contributed by atoms with Gasteiger partial charge in [-0.05, 0) is 26.0 Å². The number of carbonyl (C=O) groups is 2. The molecule has 0 saturated carbocycles. The number of fused-ring (bicyclic) bond motifs is 1. The molecule has 1 aromatic heterocycles. The number of para-hydroxylation sites is 2. The smallest absolute Gasteiger partial charge is 0.420 e. The van der Waals surface area contributed by atoms with Crippen molar-refractivity contribution < 1.29 is 19.1 Å². The van der Waals surface area contributed by atoms with Crippen LogP contribution in [0.5, 0.6) is 0 Å². The first-order valence-electron chi connectivity index (χ1n) is 5.81. The zero-order valence-electron chi connectivity index (χ0n) is 10.9. The quantitative estimate of drug-likeness (QED) is 0.776. The number of nitrogens with zero attached hydrogens (tertiary/aromatic N) is 2. The number of esters is 1. The van der Waals surface area contributed by atoms with Gasteiger partial charge in [-0.1, -0.05) is 12.1 Å². The molecule has 6 nitrogen and oxygen atoms in total. The van der Waals surface area contributed by atoms with Crippen molar-refractivity contribution in [1.82, 2.24) is 9.55 Å². The average Bonchev–Trinajstić information content (AvgIpc) is 2.76. The lowest BCUT2D eigenvalue weighted by molar-refractivity contribution is 0.0575. The van der Waals surface area contributed by atoms with E-state index in [0.717, 1.165) is 4.57 Å².